The second-order valence-electron chi connectivity index (χ2n) is 7.07. The Hall–Kier alpha value is -1.11. The van der Waals surface area contributed by atoms with Gasteiger partial charge in [-0.3, -0.25) is 14.5 Å². The smallest absolute Gasteiger partial charge is 0.264 e. The van der Waals surface area contributed by atoms with E-state index >= 15 is 0 Å². The van der Waals surface area contributed by atoms with Gasteiger partial charge in [0.05, 0.1) is 11.4 Å². The highest BCUT2D eigenvalue weighted by Crippen LogP contribution is 2.31. The molecule has 5 nitrogen and oxygen atoms in total. The topological polar surface area (TPSA) is 43.9 Å². The van der Waals surface area contributed by atoms with Crippen molar-refractivity contribution in [1.82, 2.24) is 14.7 Å². The molecule has 25 heavy (non-hydrogen) atoms. The molecule has 0 aromatic carbocycles. The van der Waals surface area contributed by atoms with Gasteiger partial charge in [0.15, 0.2) is 0 Å². The summed E-state index contributed by atoms with van der Waals surface area (Å²) in [5.74, 6) is 0.432. The molecule has 138 valence electrons. The van der Waals surface area contributed by atoms with E-state index in [0.29, 0.717) is 6.54 Å². The van der Waals surface area contributed by atoms with Gasteiger partial charge in [0.2, 0.25) is 5.91 Å². The zero-order chi connectivity index (χ0) is 16.5. The van der Waals surface area contributed by atoms with Gasteiger partial charge in [-0.15, -0.1) is 23.7 Å². The highest BCUT2D eigenvalue weighted by molar-refractivity contribution is 7.14. The number of hydrogen-bond acceptors (Lipinski definition) is 4. The SMILES string of the molecule is Cl.O=C(CN1CCN(C(=O)c2cc3c(s2)CCC3)CC1)N1CCCC1. The van der Waals surface area contributed by atoms with Gasteiger partial charge in [0.25, 0.3) is 5.91 Å². The van der Waals surface area contributed by atoms with Crippen LogP contribution < -0.4 is 0 Å². The van der Waals surface area contributed by atoms with Crippen molar-refractivity contribution in [2.24, 2.45) is 0 Å². The van der Waals surface area contributed by atoms with Crippen molar-refractivity contribution in [1.29, 1.82) is 0 Å². The molecule has 0 unspecified atom stereocenters. The summed E-state index contributed by atoms with van der Waals surface area (Å²) in [5, 5.41) is 0. The van der Waals surface area contributed by atoms with E-state index in [-0.39, 0.29) is 24.2 Å². The number of thiophene rings is 1. The Labute approximate surface area is 159 Å². The zero-order valence-corrected chi connectivity index (χ0v) is 16.2. The van der Waals surface area contributed by atoms with Crippen LogP contribution in [0.25, 0.3) is 0 Å². The molecule has 0 N–H and O–H groups in total. The highest BCUT2D eigenvalue weighted by atomic mass is 35.5. The molecular weight excluding hydrogens is 358 g/mol. The molecule has 2 fully saturated rings. The van der Waals surface area contributed by atoms with Crippen LogP contribution in [0, 0.1) is 0 Å². The first-order valence-electron chi connectivity index (χ1n) is 9.12. The number of fused-ring (bicyclic) bond motifs is 1. The molecular formula is C18H26ClN3O2S. The van der Waals surface area contributed by atoms with E-state index in [0.717, 1.165) is 69.8 Å². The minimum atomic E-state index is 0. The summed E-state index contributed by atoms with van der Waals surface area (Å²) in [7, 11) is 0. The number of halogens is 1. The molecule has 1 aromatic heterocycles. The van der Waals surface area contributed by atoms with Crippen molar-refractivity contribution in [2.45, 2.75) is 32.1 Å². The highest BCUT2D eigenvalue weighted by Gasteiger charge is 2.27. The van der Waals surface area contributed by atoms with Gasteiger partial charge in [-0.25, -0.2) is 0 Å². The molecule has 1 aliphatic carbocycles. The predicted molar refractivity (Wildman–Crippen MR) is 102 cm³/mol. The lowest BCUT2D eigenvalue weighted by Crippen LogP contribution is -2.51. The number of carbonyl (C=O) groups is 2. The van der Waals surface area contributed by atoms with Gasteiger partial charge in [-0.05, 0) is 43.7 Å². The van der Waals surface area contributed by atoms with Crippen LogP contribution in [0.3, 0.4) is 0 Å². The summed E-state index contributed by atoms with van der Waals surface area (Å²) < 4.78 is 0. The van der Waals surface area contributed by atoms with Crippen LogP contribution in [-0.4, -0.2) is 72.3 Å². The number of nitrogens with zero attached hydrogens (tertiary/aromatic N) is 3. The zero-order valence-electron chi connectivity index (χ0n) is 14.5. The maximum atomic E-state index is 12.7. The molecule has 2 saturated heterocycles. The molecule has 0 bridgehead atoms. The Morgan fingerprint density at radius 2 is 1.64 bits per heavy atom. The normalized spacial score (nSPS) is 20.5. The van der Waals surface area contributed by atoms with E-state index in [1.165, 1.54) is 16.9 Å². The van der Waals surface area contributed by atoms with E-state index in [4.69, 9.17) is 0 Å². The fourth-order valence-corrected chi connectivity index (χ4v) is 5.18. The molecule has 4 rings (SSSR count). The second kappa shape index (κ2) is 8.06. The van der Waals surface area contributed by atoms with Crippen LogP contribution >= 0.6 is 23.7 Å². The summed E-state index contributed by atoms with van der Waals surface area (Å²) in [6.07, 6.45) is 5.78. The van der Waals surface area contributed by atoms with Crippen molar-refractivity contribution in [3.05, 3.63) is 21.4 Å². The van der Waals surface area contributed by atoms with Gasteiger partial charge in [0.1, 0.15) is 0 Å². The molecule has 3 heterocycles. The van der Waals surface area contributed by atoms with Gasteiger partial charge in [0, 0.05) is 44.1 Å². The fraction of sp³-hybridized carbons (Fsp3) is 0.667. The number of likely N-dealkylation sites (tertiary alicyclic amines) is 1. The summed E-state index contributed by atoms with van der Waals surface area (Å²) >= 11 is 1.69. The van der Waals surface area contributed by atoms with E-state index in [1.807, 2.05) is 9.80 Å². The molecule has 3 aliphatic rings. The van der Waals surface area contributed by atoms with Crippen molar-refractivity contribution in [2.75, 3.05) is 45.8 Å². The lowest BCUT2D eigenvalue weighted by molar-refractivity contribution is -0.131. The number of piperazine rings is 1. The second-order valence-corrected chi connectivity index (χ2v) is 8.21. The largest absolute Gasteiger partial charge is 0.342 e. The van der Waals surface area contributed by atoms with Crippen molar-refractivity contribution < 1.29 is 9.59 Å². The van der Waals surface area contributed by atoms with Gasteiger partial charge in [-0.1, -0.05) is 0 Å². The van der Waals surface area contributed by atoms with Gasteiger partial charge < -0.3 is 9.80 Å². The Morgan fingerprint density at radius 1 is 0.920 bits per heavy atom. The van der Waals surface area contributed by atoms with Crippen molar-refractivity contribution in [3.8, 4) is 0 Å². The minimum absolute atomic E-state index is 0. The molecule has 0 atom stereocenters. The van der Waals surface area contributed by atoms with E-state index in [9.17, 15) is 9.59 Å². The molecule has 7 heteroatoms. The number of hydrogen-bond donors (Lipinski definition) is 0. The molecule has 2 amide bonds. The third-order valence-electron chi connectivity index (χ3n) is 5.43. The third kappa shape index (κ3) is 4.01. The lowest BCUT2D eigenvalue weighted by Gasteiger charge is -2.34. The van der Waals surface area contributed by atoms with E-state index < -0.39 is 0 Å². The first-order valence-corrected chi connectivity index (χ1v) is 9.93. The minimum Gasteiger partial charge on any atom is -0.342 e. The number of amides is 2. The summed E-state index contributed by atoms with van der Waals surface area (Å²) in [5.41, 5.74) is 1.39. The quantitative estimate of drug-likeness (QED) is 0.802. The van der Waals surface area contributed by atoms with Gasteiger partial charge >= 0.3 is 0 Å². The number of carbonyl (C=O) groups excluding carboxylic acids is 2. The Balaban J connectivity index is 0.00000182. The molecule has 1 aromatic rings. The maximum Gasteiger partial charge on any atom is 0.264 e. The van der Waals surface area contributed by atoms with Gasteiger partial charge in [-0.2, -0.15) is 0 Å². The summed E-state index contributed by atoms with van der Waals surface area (Å²) in [4.78, 5) is 33.4. The van der Waals surface area contributed by atoms with Crippen molar-refractivity contribution in [3.63, 3.8) is 0 Å². The van der Waals surface area contributed by atoms with E-state index in [2.05, 4.69) is 11.0 Å². The van der Waals surface area contributed by atoms with Crippen LogP contribution in [0.2, 0.25) is 0 Å². The number of rotatable bonds is 3. The van der Waals surface area contributed by atoms with E-state index in [1.54, 1.807) is 11.3 Å². The number of aryl methyl sites for hydroxylation is 2. The molecule has 0 saturated carbocycles. The predicted octanol–water partition coefficient (Wildman–Crippen LogP) is 2.04. The maximum absolute atomic E-state index is 12.7. The van der Waals surface area contributed by atoms with Crippen LogP contribution in [0.4, 0.5) is 0 Å². The third-order valence-corrected chi connectivity index (χ3v) is 6.66. The Kier molecular flexibility index (Phi) is 6.02. The average Bonchev–Trinajstić information content (AvgIpc) is 3.31. The molecule has 0 radical (unpaired) electrons. The van der Waals surface area contributed by atoms with Crippen molar-refractivity contribution >= 4 is 35.6 Å². The molecule has 0 spiro atoms. The van der Waals surface area contributed by atoms with Crippen LogP contribution in [0.1, 0.15) is 39.4 Å². The Bertz CT molecular complexity index is 613. The first-order chi connectivity index (χ1) is 11.7. The standard InChI is InChI=1S/C18H25N3O2S.ClH/c22-17(20-6-1-2-7-20)13-19-8-10-21(11-9-19)18(23)16-12-14-4-3-5-15(14)24-16;/h12H,1-11,13H2;1H. The molecule has 2 aliphatic heterocycles. The van der Waals surface area contributed by atoms with Crippen LogP contribution in [-0.2, 0) is 17.6 Å². The Morgan fingerprint density at radius 3 is 2.32 bits per heavy atom. The first kappa shape index (κ1) is 18.7. The fourth-order valence-electron chi connectivity index (χ4n) is 3.96. The van der Waals surface area contributed by atoms with Crippen LogP contribution in [0.5, 0.6) is 0 Å². The van der Waals surface area contributed by atoms with Crippen LogP contribution in [0.15, 0.2) is 6.07 Å². The monoisotopic (exact) mass is 383 g/mol. The summed E-state index contributed by atoms with van der Waals surface area (Å²) in [6, 6.07) is 2.11. The summed E-state index contributed by atoms with van der Waals surface area (Å²) in [6.45, 7) is 5.41. The average molecular weight is 384 g/mol. The lowest BCUT2D eigenvalue weighted by atomic mass is 10.2.